The molecule has 0 saturated heterocycles. The standard InChI is InChI=1S/C16H17FN2O2/c17-14-4-2-13(3-5-14)15(11-20)19-16(21)6-1-12-7-9-18-10-8-12/h2-5,7-10,15,20H,1,6,11H2,(H,19,21)/t15-/m0/s1. The van der Waals surface area contributed by atoms with E-state index in [0.29, 0.717) is 18.4 Å². The smallest absolute Gasteiger partial charge is 0.220 e. The molecule has 2 N–H and O–H groups in total. The molecule has 2 rings (SSSR count). The maximum absolute atomic E-state index is 12.9. The number of nitrogens with zero attached hydrogens (tertiary/aromatic N) is 1. The van der Waals surface area contributed by atoms with Crippen LogP contribution in [-0.2, 0) is 11.2 Å². The Balaban J connectivity index is 1.89. The number of nitrogens with one attached hydrogen (secondary N) is 1. The summed E-state index contributed by atoms with van der Waals surface area (Å²) in [6.07, 6.45) is 4.29. The van der Waals surface area contributed by atoms with Gasteiger partial charge in [0.15, 0.2) is 0 Å². The lowest BCUT2D eigenvalue weighted by Crippen LogP contribution is -2.30. The Kier molecular flexibility index (Phi) is 5.40. The van der Waals surface area contributed by atoms with E-state index in [1.165, 1.54) is 12.1 Å². The van der Waals surface area contributed by atoms with Gasteiger partial charge >= 0.3 is 0 Å². The predicted octanol–water partition coefficient (Wildman–Crippen LogP) is 2.00. The van der Waals surface area contributed by atoms with Crippen molar-refractivity contribution in [3.8, 4) is 0 Å². The van der Waals surface area contributed by atoms with Crippen LogP contribution < -0.4 is 5.32 Å². The molecule has 0 unspecified atom stereocenters. The number of hydrogen-bond donors (Lipinski definition) is 2. The Morgan fingerprint density at radius 1 is 1.19 bits per heavy atom. The van der Waals surface area contributed by atoms with Gasteiger partial charge in [0.2, 0.25) is 5.91 Å². The molecule has 1 amide bonds. The summed E-state index contributed by atoms with van der Waals surface area (Å²) in [5, 5.41) is 12.1. The van der Waals surface area contributed by atoms with E-state index in [1.54, 1.807) is 24.5 Å². The molecule has 0 aliphatic rings. The van der Waals surface area contributed by atoms with Gasteiger partial charge in [-0.15, -0.1) is 0 Å². The van der Waals surface area contributed by atoms with Crippen molar-refractivity contribution in [3.05, 3.63) is 65.7 Å². The number of aliphatic hydroxyl groups is 1. The molecule has 2 aromatic rings. The van der Waals surface area contributed by atoms with Crippen molar-refractivity contribution >= 4 is 5.91 Å². The fourth-order valence-corrected chi connectivity index (χ4v) is 2.00. The second-order valence-corrected chi connectivity index (χ2v) is 4.71. The number of benzene rings is 1. The number of hydrogen-bond acceptors (Lipinski definition) is 3. The van der Waals surface area contributed by atoms with Crippen LogP contribution in [0.2, 0.25) is 0 Å². The van der Waals surface area contributed by atoms with Crippen molar-refractivity contribution in [1.29, 1.82) is 0 Å². The highest BCUT2D eigenvalue weighted by Gasteiger charge is 2.13. The Morgan fingerprint density at radius 3 is 2.48 bits per heavy atom. The molecule has 0 bridgehead atoms. The van der Waals surface area contributed by atoms with Gasteiger partial charge in [-0.2, -0.15) is 0 Å². The molecule has 1 atom stereocenters. The highest BCUT2D eigenvalue weighted by atomic mass is 19.1. The molecule has 5 heteroatoms. The first-order chi connectivity index (χ1) is 10.2. The van der Waals surface area contributed by atoms with E-state index in [2.05, 4.69) is 10.3 Å². The first kappa shape index (κ1) is 15.1. The SMILES string of the molecule is O=C(CCc1ccncc1)N[C@@H](CO)c1ccc(F)cc1. The van der Waals surface area contributed by atoms with Crippen molar-refractivity contribution < 1.29 is 14.3 Å². The number of carbonyl (C=O) groups is 1. The molecule has 4 nitrogen and oxygen atoms in total. The van der Waals surface area contributed by atoms with Crippen LogP contribution in [0.4, 0.5) is 4.39 Å². The van der Waals surface area contributed by atoms with Gasteiger partial charge in [0.1, 0.15) is 5.82 Å². The van der Waals surface area contributed by atoms with Crippen LogP contribution in [0.25, 0.3) is 0 Å². The van der Waals surface area contributed by atoms with E-state index in [9.17, 15) is 14.3 Å². The summed E-state index contributed by atoms with van der Waals surface area (Å²) in [5.74, 6) is -0.505. The highest BCUT2D eigenvalue weighted by Crippen LogP contribution is 2.13. The average Bonchev–Trinajstić information content (AvgIpc) is 2.52. The molecule has 0 saturated carbocycles. The number of aromatic nitrogens is 1. The van der Waals surface area contributed by atoms with Crippen LogP contribution in [0.15, 0.2) is 48.8 Å². The third kappa shape index (κ3) is 4.65. The maximum Gasteiger partial charge on any atom is 0.220 e. The number of carbonyl (C=O) groups excluding carboxylic acids is 1. The van der Waals surface area contributed by atoms with Crippen LogP contribution in [0.1, 0.15) is 23.6 Å². The number of aryl methyl sites for hydroxylation is 1. The second-order valence-electron chi connectivity index (χ2n) is 4.71. The molecule has 110 valence electrons. The van der Waals surface area contributed by atoms with Gasteiger partial charge in [-0.3, -0.25) is 9.78 Å². The quantitative estimate of drug-likeness (QED) is 0.854. The lowest BCUT2D eigenvalue weighted by Gasteiger charge is -2.16. The van der Waals surface area contributed by atoms with Crippen LogP contribution >= 0.6 is 0 Å². The first-order valence-corrected chi connectivity index (χ1v) is 6.73. The molecule has 1 aromatic carbocycles. The minimum absolute atomic E-state index is 0.157. The van der Waals surface area contributed by atoms with Crippen LogP contribution in [-0.4, -0.2) is 22.6 Å². The van der Waals surface area contributed by atoms with Crippen LogP contribution in [0, 0.1) is 5.82 Å². The summed E-state index contributed by atoms with van der Waals surface area (Å²) < 4.78 is 12.9. The minimum atomic E-state index is -0.518. The molecule has 21 heavy (non-hydrogen) atoms. The maximum atomic E-state index is 12.9. The van der Waals surface area contributed by atoms with E-state index >= 15 is 0 Å². The third-order valence-corrected chi connectivity index (χ3v) is 3.18. The lowest BCUT2D eigenvalue weighted by atomic mass is 10.1. The van der Waals surface area contributed by atoms with Gasteiger partial charge in [-0.1, -0.05) is 12.1 Å². The van der Waals surface area contributed by atoms with Gasteiger partial charge in [0, 0.05) is 18.8 Å². The van der Waals surface area contributed by atoms with Crippen molar-refractivity contribution in [1.82, 2.24) is 10.3 Å². The largest absolute Gasteiger partial charge is 0.394 e. The van der Waals surface area contributed by atoms with Gasteiger partial charge in [-0.25, -0.2) is 4.39 Å². The summed E-state index contributed by atoms with van der Waals surface area (Å²) in [6.45, 7) is -0.230. The molecule has 0 spiro atoms. The highest BCUT2D eigenvalue weighted by molar-refractivity contribution is 5.76. The molecule has 0 radical (unpaired) electrons. The van der Waals surface area contributed by atoms with E-state index in [4.69, 9.17) is 0 Å². The lowest BCUT2D eigenvalue weighted by molar-refractivity contribution is -0.122. The fraction of sp³-hybridized carbons (Fsp3) is 0.250. The Bertz CT molecular complexity index is 573. The number of amides is 1. The van der Waals surface area contributed by atoms with Gasteiger partial charge in [0.05, 0.1) is 12.6 Å². The summed E-state index contributed by atoms with van der Waals surface area (Å²) in [6, 6.07) is 8.92. The molecule has 0 aliphatic heterocycles. The number of aliphatic hydroxyl groups excluding tert-OH is 1. The molecule has 0 aliphatic carbocycles. The Hall–Kier alpha value is -2.27. The van der Waals surface area contributed by atoms with Crippen LogP contribution in [0.5, 0.6) is 0 Å². The monoisotopic (exact) mass is 288 g/mol. The molecule has 1 aromatic heterocycles. The number of rotatable bonds is 6. The van der Waals surface area contributed by atoms with E-state index in [0.717, 1.165) is 5.56 Å². The second kappa shape index (κ2) is 7.50. The van der Waals surface area contributed by atoms with Crippen molar-refractivity contribution in [2.45, 2.75) is 18.9 Å². The first-order valence-electron chi connectivity index (χ1n) is 6.73. The van der Waals surface area contributed by atoms with Crippen molar-refractivity contribution in [2.24, 2.45) is 0 Å². The Labute approximate surface area is 122 Å². The minimum Gasteiger partial charge on any atom is -0.394 e. The zero-order valence-electron chi connectivity index (χ0n) is 11.5. The molecular formula is C16H17FN2O2. The normalized spacial score (nSPS) is 11.9. The molecule has 1 heterocycles. The van der Waals surface area contributed by atoms with E-state index in [1.807, 2.05) is 12.1 Å². The average molecular weight is 288 g/mol. The number of pyridine rings is 1. The zero-order chi connectivity index (χ0) is 15.1. The summed E-state index contributed by atoms with van der Waals surface area (Å²) >= 11 is 0. The summed E-state index contributed by atoms with van der Waals surface area (Å²) in [4.78, 5) is 15.8. The third-order valence-electron chi connectivity index (χ3n) is 3.18. The van der Waals surface area contributed by atoms with Crippen molar-refractivity contribution in [3.63, 3.8) is 0 Å². The Morgan fingerprint density at radius 2 is 1.86 bits per heavy atom. The molecular weight excluding hydrogens is 271 g/mol. The van der Waals surface area contributed by atoms with Gasteiger partial charge < -0.3 is 10.4 Å². The zero-order valence-corrected chi connectivity index (χ0v) is 11.5. The van der Waals surface area contributed by atoms with E-state index in [-0.39, 0.29) is 18.3 Å². The topological polar surface area (TPSA) is 62.2 Å². The summed E-state index contributed by atoms with van der Waals surface area (Å²) in [7, 11) is 0. The molecule has 0 fully saturated rings. The van der Waals surface area contributed by atoms with Gasteiger partial charge in [0.25, 0.3) is 0 Å². The van der Waals surface area contributed by atoms with E-state index < -0.39 is 6.04 Å². The summed E-state index contributed by atoms with van der Waals surface area (Å²) in [5.41, 5.74) is 1.71. The number of halogens is 1. The van der Waals surface area contributed by atoms with Crippen LogP contribution in [0.3, 0.4) is 0 Å². The van der Waals surface area contributed by atoms with Crippen molar-refractivity contribution in [2.75, 3.05) is 6.61 Å². The van der Waals surface area contributed by atoms with Gasteiger partial charge in [-0.05, 0) is 41.8 Å². The predicted molar refractivity (Wildman–Crippen MR) is 76.9 cm³/mol. The fourth-order valence-electron chi connectivity index (χ4n) is 2.00.